The summed E-state index contributed by atoms with van der Waals surface area (Å²) in [5.41, 5.74) is 1.26. The Bertz CT molecular complexity index is 1000. The number of carbonyl (C=O) groups is 1. The molecule has 4 saturated heterocycles. The van der Waals surface area contributed by atoms with Crippen LogP contribution in [0.3, 0.4) is 0 Å². The minimum atomic E-state index is -0.111. The molecule has 0 spiro atoms. The molecule has 0 saturated carbocycles. The summed E-state index contributed by atoms with van der Waals surface area (Å²) in [5, 5.41) is 0. The van der Waals surface area contributed by atoms with E-state index in [1.807, 2.05) is 24.3 Å². The van der Waals surface area contributed by atoms with Crippen molar-refractivity contribution in [3.63, 3.8) is 0 Å². The lowest BCUT2D eigenvalue weighted by Gasteiger charge is -2.17. The number of rotatable bonds is 15. The zero-order valence-electron chi connectivity index (χ0n) is 19.3. The zero-order chi connectivity index (χ0) is 23.6. The number of carbonyl (C=O) groups excluding carboxylic acids is 1. The molecule has 2 aromatic rings. The first-order chi connectivity index (χ1) is 17.2. The minimum Gasteiger partial charge on any atom is -0.491 e. The summed E-state index contributed by atoms with van der Waals surface area (Å²) < 4.78 is 44.6. The number of hydrogen-bond donors (Lipinski definition) is 0. The third-order valence-electron chi connectivity index (χ3n) is 5.94. The standard InChI is InChI=1S/C26H28O9/c27-23(5-16-1-3-17(4-2-16)28-8-19-10-30-19)26-24(34-14-21-12-32-21)6-18(29-9-20-11-31-20)7-25(26)35-15-22-13-33-22/h1-4,6-7,19-22H,5,8-15H2. The van der Waals surface area contributed by atoms with Crippen LogP contribution in [-0.4, -0.2) is 83.1 Å². The number of Topliss-reactive ketones (excluding diaryl/α,β-unsaturated/α-hetero) is 1. The van der Waals surface area contributed by atoms with E-state index in [0.29, 0.717) is 69.1 Å². The molecule has 0 amide bonds. The molecule has 186 valence electrons. The molecule has 2 aromatic carbocycles. The predicted molar refractivity (Wildman–Crippen MR) is 122 cm³/mol. The summed E-state index contributed by atoms with van der Waals surface area (Å²) in [5.74, 6) is 2.06. The van der Waals surface area contributed by atoms with Gasteiger partial charge in [0.15, 0.2) is 5.78 Å². The minimum absolute atomic E-state index is 0.0419. The SMILES string of the molecule is O=C(Cc1ccc(OCC2CO2)cc1)c1c(OCC2CO2)cc(OCC2CO2)cc1OCC1CO1. The Labute approximate surface area is 203 Å². The molecule has 9 nitrogen and oxygen atoms in total. The Hall–Kier alpha value is -2.85. The average Bonchev–Trinajstić information content (AvgIpc) is 3.72. The van der Waals surface area contributed by atoms with Gasteiger partial charge in [-0.25, -0.2) is 0 Å². The van der Waals surface area contributed by atoms with Crippen LogP contribution in [0.1, 0.15) is 15.9 Å². The summed E-state index contributed by atoms with van der Waals surface area (Å²) in [6, 6.07) is 11.0. The van der Waals surface area contributed by atoms with Crippen molar-refractivity contribution < 1.29 is 42.7 Å². The largest absolute Gasteiger partial charge is 0.491 e. The molecule has 0 bridgehead atoms. The molecule has 4 heterocycles. The van der Waals surface area contributed by atoms with E-state index in [1.165, 1.54) is 0 Å². The van der Waals surface area contributed by atoms with Gasteiger partial charge >= 0.3 is 0 Å². The number of ether oxygens (including phenoxy) is 8. The van der Waals surface area contributed by atoms with Crippen LogP contribution in [0.4, 0.5) is 0 Å². The van der Waals surface area contributed by atoms with Crippen LogP contribution in [0, 0.1) is 0 Å². The fourth-order valence-corrected chi connectivity index (χ4v) is 3.53. The first kappa shape index (κ1) is 22.6. The molecular weight excluding hydrogens is 456 g/mol. The summed E-state index contributed by atoms with van der Waals surface area (Å²) in [6.45, 7) is 4.44. The first-order valence-electron chi connectivity index (χ1n) is 12.0. The van der Waals surface area contributed by atoms with Gasteiger partial charge in [-0.3, -0.25) is 4.79 Å². The molecule has 4 unspecified atom stereocenters. The lowest BCUT2D eigenvalue weighted by molar-refractivity contribution is 0.0983. The van der Waals surface area contributed by atoms with Crippen molar-refractivity contribution >= 4 is 5.78 Å². The number of epoxide rings is 4. The summed E-state index contributed by atoms with van der Waals surface area (Å²) in [6.07, 6.45) is 0.571. The van der Waals surface area contributed by atoms with E-state index in [2.05, 4.69) is 0 Å². The Morgan fingerprint density at radius 2 is 1.09 bits per heavy atom. The average molecular weight is 485 g/mol. The molecule has 0 aliphatic carbocycles. The fraction of sp³-hybridized carbons (Fsp3) is 0.500. The lowest BCUT2D eigenvalue weighted by atomic mass is 10.0. The van der Waals surface area contributed by atoms with E-state index >= 15 is 0 Å². The Kier molecular flexibility index (Phi) is 6.47. The highest BCUT2D eigenvalue weighted by Gasteiger charge is 2.29. The van der Waals surface area contributed by atoms with Gasteiger partial charge in [-0.15, -0.1) is 0 Å². The second-order valence-electron chi connectivity index (χ2n) is 9.10. The quantitative estimate of drug-likeness (QED) is 0.278. The highest BCUT2D eigenvalue weighted by Crippen LogP contribution is 2.37. The van der Waals surface area contributed by atoms with Crippen molar-refractivity contribution in [1.82, 2.24) is 0 Å². The third-order valence-corrected chi connectivity index (χ3v) is 5.94. The topological polar surface area (TPSA) is 104 Å². The van der Waals surface area contributed by atoms with Gasteiger partial charge in [-0.05, 0) is 17.7 Å². The fourth-order valence-electron chi connectivity index (χ4n) is 3.53. The van der Waals surface area contributed by atoms with Crippen molar-refractivity contribution in [3.05, 3.63) is 47.5 Å². The lowest BCUT2D eigenvalue weighted by Crippen LogP contribution is -2.15. The molecule has 4 aliphatic rings. The molecule has 4 fully saturated rings. The molecule has 0 radical (unpaired) electrons. The zero-order valence-corrected chi connectivity index (χ0v) is 19.3. The molecule has 4 atom stereocenters. The van der Waals surface area contributed by atoms with Gasteiger partial charge in [-0.1, -0.05) is 12.1 Å². The Morgan fingerprint density at radius 1 is 0.657 bits per heavy atom. The van der Waals surface area contributed by atoms with Crippen molar-refractivity contribution in [2.75, 3.05) is 52.9 Å². The van der Waals surface area contributed by atoms with Crippen molar-refractivity contribution in [2.24, 2.45) is 0 Å². The van der Waals surface area contributed by atoms with Crippen molar-refractivity contribution in [3.8, 4) is 23.0 Å². The second kappa shape index (κ2) is 10.0. The van der Waals surface area contributed by atoms with Gasteiger partial charge in [0.25, 0.3) is 0 Å². The summed E-state index contributed by atoms with van der Waals surface area (Å²) in [7, 11) is 0. The van der Waals surface area contributed by atoms with E-state index in [1.54, 1.807) is 12.1 Å². The summed E-state index contributed by atoms with van der Waals surface area (Å²) in [4.78, 5) is 13.5. The molecule has 35 heavy (non-hydrogen) atoms. The van der Waals surface area contributed by atoms with Gasteiger partial charge in [0, 0.05) is 18.6 Å². The predicted octanol–water partition coefficient (Wildman–Crippen LogP) is 2.22. The highest BCUT2D eigenvalue weighted by atomic mass is 16.6. The van der Waals surface area contributed by atoms with Crippen LogP contribution in [0.2, 0.25) is 0 Å². The highest BCUT2D eigenvalue weighted by molar-refractivity contribution is 6.02. The second-order valence-corrected chi connectivity index (χ2v) is 9.10. The molecule has 4 aliphatic heterocycles. The Morgan fingerprint density at radius 3 is 1.54 bits per heavy atom. The van der Waals surface area contributed by atoms with Gasteiger partial charge < -0.3 is 37.9 Å². The monoisotopic (exact) mass is 484 g/mol. The molecule has 0 aromatic heterocycles. The van der Waals surface area contributed by atoms with E-state index in [4.69, 9.17) is 37.9 Å². The van der Waals surface area contributed by atoms with Crippen LogP contribution in [-0.2, 0) is 25.4 Å². The van der Waals surface area contributed by atoms with Gasteiger partial charge in [0.05, 0.1) is 26.4 Å². The molecule has 0 N–H and O–H groups in total. The summed E-state index contributed by atoms with van der Waals surface area (Å²) >= 11 is 0. The normalized spacial score (nSPS) is 25.5. The van der Waals surface area contributed by atoms with Gasteiger partial charge in [-0.2, -0.15) is 0 Å². The van der Waals surface area contributed by atoms with Crippen LogP contribution in [0.25, 0.3) is 0 Å². The maximum absolute atomic E-state index is 13.5. The molecular formula is C26H28O9. The smallest absolute Gasteiger partial charge is 0.174 e. The van der Waals surface area contributed by atoms with E-state index in [9.17, 15) is 4.79 Å². The maximum Gasteiger partial charge on any atom is 0.174 e. The number of ketones is 1. The van der Waals surface area contributed by atoms with E-state index in [0.717, 1.165) is 17.9 Å². The van der Waals surface area contributed by atoms with Gasteiger partial charge in [0.1, 0.15) is 79.4 Å². The van der Waals surface area contributed by atoms with Crippen LogP contribution in [0.15, 0.2) is 36.4 Å². The van der Waals surface area contributed by atoms with Crippen molar-refractivity contribution in [1.29, 1.82) is 0 Å². The van der Waals surface area contributed by atoms with Crippen LogP contribution >= 0.6 is 0 Å². The van der Waals surface area contributed by atoms with Crippen LogP contribution < -0.4 is 18.9 Å². The number of benzene rings is 2. The molecule has 9 heteroatoms. The maximum atomic E-state index is 13.5. The Balaban J connectivity index is 1.21. The van der Waals surface area contributed by atoms with E-state index < -0.39 is 0 Å². The van der Waals surface area contributed by atoms with Crippen LogP contribution in [0.5, 0.6) is 23.0 Å². The number of hydrogen-bond acceptors (Lipinski definition) is 9. The molecule has 6 rings (SSSR count). The van der Waals surface area contributed by atoms with Crippen molar-refractivity contribution in [2.45, 2.75) is 30.8 Å². The van der Waals surface area contributed by atoms with Gasteiger partial charge in [0.2, 0.25) is 0 Å². The van der Waals surface area contributed by atoms with E-state index in [-0.39, 0.29) is 36.6 Å². The first-order valence-corrected chi connectivity index (χ1v) is 12.0. The third kappa shape index (κ3) is 6.64.